The number of para-hydroxylation sites is 1. The van der Waals surface area contributed by atoms with Crippen molar-refractivity contribution in [2.75, 3.05) is 0 Å². The quantitative estimate of drug-likeness (QED) is 0.683. The van der Waals surface area contributed by atoms with Gasteiger partial charge in [-0.25, -0.2) is 4.39 Å². The van der Waals surface area contributed by atoms with E-state index in [2.05, 4.69) is 18.4 Å². The number of halogens is 1. The van der Waals surface area contributed by atoms with Crippen molar-refractivity contribution in [3.05, 3.63) is 70.8 Å². The van der Waals surface area contributed by atoms with Crippen LogP contribution in [0.2, 0.25) is 0 Å². The third-order valence-corrected chi connectivity index (χ3v) is 3.63. The molecule has 0 spiro atoms. The smallest absolute Gasteiger partial charge is 0.197 e. The molecule has 3 rings (SSSR count). The molecule has 0 saturated carbocycles. The molecule has 1 heterocycles. The van der Waals surface area contributed by atoms with Crippen LogP contribution in [0.15, 0.2) is 59.5 Å². The predicted octanol–water partition coefficient (Wildman–Crippen LogP) is 4.39. The van der Waals surface area contributed by atoms with E-state index in [9.17, 15) is 9.18 Å². The van der Waals surface area contributed by atoms with Gasteiger partial charge in [0.05, 0.1) is 5.52 Å². The molecule has 2 nitrogen and oxygen atoms in total. The molecular formula is C18H16FNO. The Morgan fingerprint density at radius 1 is 1.05 bits per heavy atom. The molecule has 0 aliphatic heterocycles. The molecule has 3 aromatic rings. The van der Waals surface area contributed by atoms with Crippen LogP contribution in [0.5, 0.6) is 0 Å². The minimum Gasteiger partial charge on any atom is -0.344 e. The summed E-state index contributed by atoms with van der Waals surface area (Å²) in [7, 11) is 0. The second kappa shape index (κ2) is 5.17. The van der Waals surface area contributed by atoms with Gasteiger partial charge in [-0.3, -0.25) is 4.79 Å². The fourth-order valence-corrected chi connectivity index (χ4v) is 2.59. The molecule has 0 fully saturated rings. The van der Waals surface area contributed by atoms with Crippen molar-refractivity contribution in [2.24, 2.45) is 0 Å². The lowest BCUT2D eigenvalue weighted by atomic mass is 10.0. The van der Waals surface area contributed by atoms with Crippen LogP contribution in [0.4, 0.5) is 4.39 Å². The summed E-state index contributed by atoms with van der Waals surface area (Å²) < 4.78 is 15.5. The Bertz CT molecular complexity index is 864. The highest BCUT2D eigenvalue weighted by Gasteiger charge is 2.12. The van der Waals surface area contributed by atoms with E-state index in [1.807, 2.05) is 30.5 Å². The van der Waals surface area contributed by atoms with Crippen molar-refractivity contribution >= 4 is 10.9 Å². The first kappa shape index (κ1) is 13.6. The molecule has 0 aliphatic carbocycles. The largest absolute Gasteiger partial charge is 0.344 e. The van der Waals surface area contributed by atoms with Crippen LogP contribution in [-0.4, -0.2) is 4.57 Å². The maximum atomic E-state index is 13.4. The van der Waals surface area contributed by atoms with Crippen molar-refractivity contribution < 1.29 is 4.39 Å². The van der Waals surface area contributed by atoms with E-state index in [-0.39, 0.29) is 17.3 Å². The van der Waals surface area contributed by atoms with E-state index in [1.165, 1.54) is 12.1 Å². The molecule has 106 valence electrons. The molecule has 21 heavy (non-hydrogen) atoms. The Labute approximate surface area is 122 Å². The van der Waals surface area contributed by atoms with E-state index in [0.717, 1.165) is 5.52 Å². The molecule has 0 radical (unpaired) electrons. The monoisotopic (exact) mass is 281 g/mol. The summed E-state index contributed by atoms with van der Waals surface area (Å²) in [5.41, 5.74) is 1.98. The number of rotatable bonds is 2. The number of pyridine rings is 1. The molecule has 0 bridgehead atoms. The zero-order chi connectivity index (χ0) is 15.0. The molecule has 1 aromatic heterocycles. The lowest BCUT2D eigenvalue weighted by Crippen LogP contribution is -2.13. The van der Waals surface area contributed by atoms with Gasteiger partial charge in [0.25, 0.3) is 0 Å². The summed E-state index contributed by atoms with van der Waals surface area (Å²) in [6, 6.07) is 13.9. The summed E-state index contributed by atoms with van der Waals surface area (Å²) in [5.74, 6) is -0.337. The number of aromatic nitrogens is 1. The minimum atomic E-state index is -0.337. The molecule has 0 amide bonds. The molecule has 0 N–H and O–H groups in total. The topological polar surface area (TPSA) is 22.0 Å². The molecule has 0 saturated heterocycles. The van der Waals surface area contributed by atoms with Crippen molar-refractivity contribution in [2.45, 2.75) is 19.9 Å². The van der Waals surface area contributed by atoms with E-state index in [4.69, 9.17) is 0 Å². The van der Waals surface area contributed by atoms with Crippen LogP contribution in [-0.2, 0) is 0 Å². The average Bonchev–Trinajstić information content (AvgIpc) is 2.47. The SMILES string of the molecule is CC(C)n1cc(-c2cccc(F)c2)c(=O)c2ccccc21. The molecule has 0 aliphatic rings. The van der Waals surface area contributed by atoms with Crippen LogP contribution in [0, 0.1) is 5.82 Å². The Morgan fingerprint density at radius 3 is 2.52 bits per heavy atom. The lowest BCUT2D eigenvalue weighted by Gasteiger charge is -2.16. The molecule has 3 heteroatoms. The Kier molecular flexibility index (Phi) is 3.34. The van der Waals surface area contributed by atoms with Gasteiger partial charge in [0.15, 0.2) is 5.43 Å². The average molecular weight is 281 g/mol. The highest BCUT2D eigenvalue weighted by molar-refractivity contribution is 5.84. The highest BCUT2D eigenvalue weighted by Crippen LogP contribution is 2.23. The van der Waals surface area contributed by atoms with Gasteiger partial charge >= 0.3 is 0 Å². The van der Waals surface area contributed by atoms with Crippen molar-refractivity contribution in [1.82, 2.24) is 4.57 Å². The first-order valence-corrected chi connectivity index (χ1v) is 6.98. The first-order chi connectivity index (χ1) is 10.1. The van der Waals surface area contributed by atoms with Gasteiger partial charge in [0, 0.05) is 23.2 Å². The van der Waals surface area contributed by atoms with Gasteiger partial charge in [-0.15, -0.1) is 0 Å². The van der Waals surface area contributed by atoms with Crippen LogP contribution in [0.1, 0.15) is 19.9 Å². The van der Waals surface area contributed by atoms with Crippen molar-refractivity contribution in [1.29, 1.82) is 0 Å². The van der Waals surface area contributed by atoms with Gasteiger partial charge in [0.2, 0.25) is 0 Å². The Balaban J connectivity index is 2.39. The van der Waals surface area contributed by atoms with Crippen LogP contribution >= 0.6 is 0 Å². The second-order valence-electron chi connectivity index (χ2n) is 5.40. The Hall–Kier alpha value is -2.42. The fraction of sp³-hybridized carbons (Fsp3) is 0.167. The van der Waals surface area contributed by atoms with E-state index < -0.39 is 0 Å². The fourth-order valence-electron chi connectivity index (χ4n) is 2.59. The van der Waals surface area contributed by atoms with E-state index in [0.29, 0.717) is 16.5 Å². The summed E-state index contributed by atoms with van der Waals surface area (Å²) in [4.78, 5) is 12.7. The highest BCUT2D eigenvalue weighted by atomic mass is 19.1. The molecule has 0 unspecified atom stereocenters. The maximum absolute atomic E-state index is 13.4. The molecule has 2 aromatic carbocycles. The van der Waals surface area contributed by atoms with Crippen LogP contribution in [0.3, 0.4) is 0 Å². The number of nitrogens with zero attached hydrogens (tertiary/aromatic N) is 1. The summed E-state index contributed by atoms with van der Waals surface area (Å²) >= 11 is 0. The van der Waals surface area contributed by atoms with Crippen molar-refractivity contribution in [3.8, 4) is 11.1 Å². The normalized spacial score (nSPS) is 11.2. The number of benzene rings is 2. The van der Waals surface area contributed by atoms with Gasteiger partial charge in [0.1, 0.15) is 5.82 Å². The predicted molar refractivity (Wildman–Crippen MR) is 84.0 cm³/mol. The number of hydrogen-bond acceptors (Lipinski definition) is 1. The zero-order valence-corrected chi connectivity index (χ0v) is 12.0. The number of hydrogen-bond donors (Lipinski definition) is 0. The minimum absolute atomic E-state index is 0.0619. The summed E-state index contributed by atoms with van der Waals surface area (Å²) in [5, 5.41) is 0.660. The zero-order valence-electron chi connectivity index (χ0n) is 12.0. The maximum Gasteiger partial charge on any atom is 0.197 e. The van der Waals surface area contributed by atoms with Crippen molar-refractivity contribution in [3.63, 3.8) is 0 Å². The first-order valence-electron chi connectivity index (χ1n) is 6.98. The Morgan fingerprint density at radius 2 is 1.81 bits per heavy atom. The second-order valence-corrected chi connectivity index (χ2v) is 5.40. The van der Waals surface area contributed by atoms with Gasteiger partial charge in [-0.05, 0) is 43.7 Å². The molecular weight excluding hydrogens is 265 g/mol. The third-order valence-electron chi connectivity index (χ3n) is 3.63. The van der Waals surface area contributed by atoms with E-state index in [1.54, 1.807) is 12.1 Å². The van der Waals surface area contributed by atoms with Gasteiger partial charge < -0.3 is 4.57 Å². The lowest BCUT2D eigenvalue weighted by molar-refractivity contribution is 0.618. The summed E-state index contributed by atoms with van der Waals surface area (Å²) in [6.45, 7) is 4.12. The van der Waals surface area contributed by atoms with Crippen LogP contribution in [0.25, 0.3) is 22.0 Å². The molecule has 0 atom stereocenters. The summed E-state index contributed by atoms with van der Waals surface area (Å²) in [6.07, 6.45) is 1.82. The van der Waals surface area contributed by atoms with Gasteiger partial charge in [-0.1, -0.05) is 24.3 Å². The van der Waals surface area contributed by atoms with Crippen LogP contribution < -0.4 is 5.43 Å². The standard InChI is InChI=1S/C18H16FNO/c1-12(2)20-11-16(13-6-5-7-14(19)10-13)18(21)15-8-3-4-9-17(15)20/h3-12H,1-2H3. The van der Waals surface area contributed by atoms with E-state index >= 15 is 0 Å². The third kappa shape index (κ3) is 2.35. The number of fused-ring (bicyclic) bond motifs is 1. The van der Waals surface area contributed by atoms with Gasteiger partial charge in [-0.2, -0.15) is 0 Å².